The van der Waals surface area contributed by atoms with Crippen LogP contribution in [-0.4, -0.2) is 11.7 Å². The number of nitrogens with one attached hydrogen (secondary N) is 2. The van der Waals surface area contributed by atoms with E-state index < -0.39 is 0 Å². The molecule has 0 aromatic heterocycles. The fourth-order valence-electron chi connectivity index (χ4n) is 1.38. The molecule has 1 atom stereocenters. The standard InChI is InChI=1S/C13H19FN2S/c1-9(2)8-15-13(17)16-10(3)11-4-6-12(14)7-5-11/h4-7,9-10H,8H2,1-3H3,(H2,15,16,17). The normalized spacial score (nSPS) is 12.3. The van der Waals surface area contributed by atoms with Crippen LogP contribution in [0.5, 0.6) is 0 Å². The van der Waals surface area contributed by atoms with E-state index in [1.807, 2.05) is 6.92 Å². The van der Waals surface area contributed by atoms with Gasteiger partial charge in [0.2, 0.25) is 0 Å². The SMILES string of the molecule is CC(C)CNC(=S)NC(C)c1ccc(F)cc1. The molecule has 17 heavy (non-hydrogen) atoms. The molecule has 0 saturated carbocycles. The summed E-state index contributed by atoms with van der Waals surface area (Å²) in [6.07, 6.45) is 0. The summed E-state index contributed by atoms with van der Waals surface area (Å²) in [6, 6.07) is 6.51. The van der Waals surface area contributed by atoms with Gasteiger partial charge in [-0.2, -0.15) is 0 Å². The van der Waals surface area contributed by atoms with Crippen molar-refractivity contribution in [1.29, 1.82) is 0 Å². The molecule has 0 bridgehead atoms. The van der Waals surface area contributed by atoms with E-state index in [1.54, 1.807) is 12.1 Å². The van der Waals surface area contributed by atoms with E-state index in [1.165, 1.54) is 12.1 Å². The summed E-state index contributed by atoms with van der Waals surface area (Å²) >= 11 is 5.18. The maximum atomic E-state index is 12.8. The summed E-state index contributed by atoms with van der Waals surface area (Å²) < 4.78 is 12.8. The predicted octanol–water partition coefficient (Wildman–Crippen LogP) is 3.01. The molecule has 0 radical (unpaired) electrons. The lowest BCUT2D eigenvalue weighted by Gasteiger charge is -2.18. The highest BCUT2D eigenvalue weighted by atomic mass is 32.1. The summed E-state index contributed by atoms with van der Waals surface area (Å²) in [5, 5.41) is 6.94. The lowest BCUT2D eigenvalue weighted by molar-refractivity contribution is 0.607. The molecule has 1 rings (SSSR count). The van der Waals surface area contributed by atoms with Crippen LogP contribution in [0.15, 0.2) is 24.3 Å². The fourth-order valence-corrected chi connectivity index (χ4v) is 1.64. The van der Waals surface area contributed by atoms with Crippen LogP contribution in [-0.2, 0) is 0 Å². The lowest BCUT2D eigenvalue weighted by Crippen LogP contribution is -2.38. The first-order chi connectivity index (χ1) is 7.99. The molecule has 0 fully saturated rings. The molecule has 2 nitrogen and oxygen atoms in total. The number of hydrogen-bond donors (Lipinski definition) is 2. The molecule has 2 N–H and O–H groups in total. The van der Waals surface area contributed by atoms with E-state index in [0.29, 0.717) is 11.0 Å². The highest BCUT2D eigenvalue weighted by molar-refractivity contribution is 7.80. The Morgan fingerprint density at radius 1 is 1.24 bits per heavy atom. The van der Waals surface area contributed by atoms with Gasteiger partial charge in [0.25, 0.3) is 0 Å². The Morgan fingerprint density at radius 3 is 2.35 bits per heavy atom. The molecular formula is C13H19FN2S. The van der Waals surface area contributed by atoms with Crippen LogP contribution in [0.1, 0.15) is 32.4 Å². The summed E-state index contributed by atoms with van der Waals surface area (Å²) in [5.41, 5.74) is 1.01. The largest absolute Gasteiger partial charge is 0.362 e. The Balaban J connectivity index is 2.46. The maximum absolute atomic E-state index is 12.8. The van der Waals surface area contributed by atoms with Crippen LogP contribution >= 0.6 is 12.2 Å². The molecule has 1 aromatic carbocycles. The second kappa shape index (κ2) is 6.55. The molecule has 1 aromatic rings. The molecular weight excluding hydrogens is 235 g/mol. The Labute approximate surface area is 108 Å². The van der Waals surface area contributed by atoms with Gasteiger partial charge in [0.05, 0.1) is 6.04 Å². The van der Waals surface area contributed by atoms with Crippen molar-refractivity contribution in [3.8, 4) is 0 Å². The van der Waals surface area contributed by atoms with Crippen molar-refractivity contribution in [3.05, 3.63) is 35.6 Å². The van der Waals surface area contributed by atoms with E-state index in [9.17, 15) is 4.39 Å². The quantitative estimate of drug-likeness (QED) is 0.808. The molecule has 0 aliphatic rings. The van der Waals surface area contributed by atoms with Crippen molar-refractivity contribution in [2.24, 2.45) is 5.92 Å². The summed E-state index contributed by atoms with van der Waals surface area (Å²) in [4.78, 5) is 0. The average Bonchev–Trinajstić information content (AvgIpc) is 2.27. The van der Waals surface area contributed by atoms with E-state index in [0.717, 1.165) is 12.1 Å². The number of hydrogen-bond acceptors (Lipinski definition) is 1. The first-order valence-electron chi connectivity index (χ1n) is 5.79. The minimum absolute atomic E-state index is 0.0720. The van der Waals surface area contributed by atoms with Gasteiger partial charge in [0, 0.05) is 6.54 Å². The van der Waals surface area contributed by atoms with Crippen LogP contribution in [0.3, 0.4) is 0 Å². The predicted molar refractivity (Wildman–Crippen MR) is 73.4 cm³/mol. The van der Waals surface area contributed by atoms with Crippen molar-refractivity contribution in [2.45, 2.75) is 26.8 Å². The van der Waals surface area contributed by atoms with Crippen molar-refractivity contribution in [2.75, 3.05) is 6.54 Å². The van der Waals surface area contributed by atoms with Crippen LogP contribution in [0.25, 0.3) is 0 Å². The first-order valence-corrected chi connectivity index (χ1v) is 6.19. The molecule has 4 heteroatoms. The van der Waals surface area contributed by atoms with Crippen LogP contribution in [0, 0.1) is 11.7 Å². The van der Waals surface area contributed by atoms with Crippen molar-refractivity contribution in [3.63, 3.8) is 0 Å². The molecule has 0 saturated heterocycles. The third-order valence-electron chi connectivity index (χ3n) is 2.39. The topological polar surface area (TPSA) is 24.1 Å². The zero-order valence-corrected chi connectivity index (χ0v) is 11.3. The van der Waals surface area contributed by atoms with E-state index >= 15 is 0 Å². The van der Waals surface area contributed by atoms with Gasteiger partial charge in [-0.3, -0.25) is 0 Å². The zero-order valence-electron chi connectivity index (χ0n) is 10.5. The Bertz CT molecular complexity index is 362. The highest BCUT2D eigenvalue weighted by Gasteiger charge is 2.06. The minimum Gasteiger partial charge on any atom is -0.362 e. The zero-order chi connectivity index (χ0) is 12.8. The maximum Gasteiger partial charge on any atom is 0.166 e. The van der Waals surface area contributed by atoms with Gasteiger partial charge in [-0.25, -0.2) is 4.39 Å². The summed E-state index contributed by atoms with van der Waals surface area (Å²) in [5.74, 6) is 0.331. The number of benzene rings is 1. The van der Waals surface area contributed by atoms with E-state index in [2.05, 4.69) is 24.5 Å². The van der Waals surface area contributed by atoms with Crippen LogP contribution < -0.4 is 10.6 Å². The first kappa shape index (κ1) is 13.9. The van der Waals surface area contributed by atoms with Crippen LogP contribution in [0.4, 0.5) is 4.39 Å². The monoisotopic (exact) mass is 254 g/mol. The van der Waals surface area contributed by atoms with Crippen molar-refractivity contribution < 1.29 is 4.39 Å². The second-order valence-corrected chi connectivity index (χ2v) is 4.93. The Morgan fingerprint density at radius 2 is 1.82 bits per heavy atom. The lowest BCUT2D eigenvalue weighted by atomic mass is 10.1. The minimum atomic E-state index is -0.221. The smallest absolute Gasteiger partial charge is 0.166 e. The molecule has 0 amide bonds. The van der Waals surface area contributed by atoms with Gasteiger partial charge in [-0.15, -0.1) is 0 Å². The number of thiocarbonyl (C=S) groups is 1. The van der Waals surface area contributed by atoms with Crippen molar-refractivity contribution in [1.82, 2.24) is 10.6 Å². The average molecular weight is 254 g/mol. The van der Waals surface area contributed by atoms with Crippen molar-refractivity contribution >= 4 is 17.3 Å². The number of halogens is 1. The van der Waals surface area contributed by atoms with E-state index in [4.69, 9.17) is 12.2 Å². The molecule has 0 spiro atoms. The van der Waals surface area contributed by atoms with E-state index in [-0.39, 0.29) is 11.9 Å². The number of rotatable bonds is 4. The third-order valence-corrected chi connectivity index (χ3v) is 2.65. The molecule has 0 heterocycles. The van der Waals surface area contributed by atoms with Gasteiger partial charge in [0.15, 0.2) is 5.11 Å². The van der Waals surface area contributed by atoms with Gasteiger partial charge >= 0.3 is 0 Å². The van der Waals surface area contributed by atoms with Gasteiger partial charge < -0.3 is 10.6 Å². The third kappa shape index (κ3) is 5.13. The molecule has 1 unspecified atom stereocenters. The molecule has 0 aliphatic carbocycles. The van der Waals surface area contributed by atoms with Gasteiger partial charge in [0.1, 0.15) is 5.82 Å². The highest BCUT2D eigenvalue weighted by Crippen LogP contribution is 2.12. The van der Waals surface area contributed by atoms with Gasteiger partial charge in [-0.1, -0.05) is 26.0 Å². The fraction of sp³-hybridized carbons (Fsp3) is 0.462. The Hall–Kier alpha value is -1.16. The Kier molecular flexibility index (Phi) is 5.35. The summed E-state index contributed by atoms with van der Waals surface area (Å²) in [6.45, 7) is 7.09. The summed E-state index contributed by atoms with van der Waals surface area (Å²) in [7, 11) is 0. The second-order valence-electron chi connectivity index (χ2n) is 4.52. The molecule has 0 aliphatic heterocycles. The van der Waals surface area contributed by atoms with Crippen LogP contribution in [0.2, 0.25) is 0 Å². The molecule has 94 valence electrons. The van der Waals surface area contributed by atoms with Gasteiger partial charge in [-0.05, 0) is 42.8 Å².